The van der Waals surface area contributed by atoms with E-state index in [-0.39, 0.29) is 5.91 Å². The molecule has 98 valence electrons. The van der Waals surface area contributed by atoms with E-state index in [1.54, 1.807) is 6.07 Å². The summed E-state index contributed by atoms with van der Waals surface area (Å²) in [5.41, 5.74) is 1.82. The molecule has 0 aliphatic carbocycles. The van der Waals surface area contributed by atoms with Gasteiger partial charge in [0.25, 0.3) is 0 Å². The molecule has 4 heteroatoms. The van der Waals surface area contributed by atoms with E-state index < -0.39 is 5.38 Å². The molecule has 1 aromatic carbocycles. The van der Waals surface area contributed by atoms with E-state index >= 15 is 0 Å². The van der Waals surface area contributed by atoms with Crippen molar-refractivity contribution in [3.8, 4) is 0 Å². The zero-order chi connectivity index (χ0) is 13.1. The van der Waals surface area contributed by atoms with Crippen LogP contribution in [0.1, 0.15) is 35.8 Å². The molecule has 0 saturated carbocycles. The summed E-state index contributed by atoms with van der Waals surface area (Å²) in [5.74, 6) is 0.0155. The zero-order valence-corrected chi connectivity index (χ0v) is 12.0. The number of nitrogens with zero attached hydrogens (tertiary/aromatic N) is 1. The van der Waals surface area contributed by atoms with E-state index in [1.165, 1.54) is 6.42 Å². The van der Waals surface area contributed by atoms with Gasteiger partial charge in [0, 0.05) is 18.1 Å². The molecule has 18 heavy (non-hydrogen) atoms. The molecule has 0 aromatic heterocycles. The van der Waals surface area contributed by atoms with E-state index in [9.17, 15) is 4.79 Å². The second kappa shape index (κ2) is 5.94. The first-order valence-corrected chi connectivity index (χ1v) is 7.10. The number of piperidine rings is 1. The number of benzene rings is 1. The Bertz CT molecular complexity index is 441. The van der Waals surface area contributed by atoms with Crippen molar-refractivity contribution in [2.75, 3.05) is 13.1 Å². The quantitative estimate of drug-likeness (QED) is 0.754. The minimum atomic E-state index is -0.597. The fourth-order valence-corrected chi connectivity index (χ4v) is 2.94. The highest BCUT2D eigenvalue weighted by atomic mass is 35.5. The average Bonchev–Trinajstić information content (AvgIpc) is 2.38. The van der Waals surface area contributed by atoms with Crippen LogP contribution in [0.2, 0.25) is 5.02 Å². The Balaban J connectivity index is 2.14. The van der Waals surface area contributed by atoms with Gasteiger partial charge in [-0.05, 0) is 49.4 Å². The van der Waals surface area contributed by atoms with Crippen molar-refractivity contribution in [3.63, 3.8) is 0 Å². The molecule has 1 aliphatic heterocycles. The standard InChI is InChI=1S/C14H17Cl2NO/c1-10-9-11(15)5-6-12(10)13(16)14(18)17-7-3-2-4-8-17/h5-6,9,13H,2-4,7-8H2,1H3. The molecule has 1 amide bonds. The molecule has 2 nitrogen and oxygen atoms in total. The number of hydrogen-bond acceptors (Lipinski definition) is 1. The number of carbonyl (C=O) groups excluding carboxylic acids is 1. The number of aryl methyl sites for hydroxylation is 1. The highest BCUT2D eigenvalue weighted by Crippen LogP contribution is 2.28. The summed E-state index contributed by atoms with van der Waals surface area (Å²) in [6.45, 7) is 3.59. The molecule has 1 unspecified atom stereocenters. The van der Waals surface area contributed by atoms with Gasteiger partial charge < -0.3 is 4.90 Å². The second-order valence-electron chi connectivity index (χ2n) is 4.75. The summed E-state index contributed by atoms with van der Waals surface area (Å²) in [5, 5.41) is 0.0749. The van der Waals surface area contributed by atoms with Crippen LogP contribution < -0.4 is 0 Å². The Kier molecular flexibility index (Phi) is 4.52. The predicted octanol–water partition coefficient (Wildman–Crippen LogP) is 3.94. The first-order chi connectivity index (χ1) is 8.59. The molecule has 1 saturated heterocycles. The number of hydrogen-bond donors (Lipinski definition) is 0. The Labute approximate surface area is 118 Å². The van der Waals surface area contributed by atoms with Gasteiger partial charge in [0.2, 0.25) is 5.91 Å². The van der Waals surface area contributed by atoms with Gasteiger partial charge in [0.05, 0.1) is 0 Å². The zero-order valence-electron chi connectivity index (χ0n) is 10.5. The minimum absolute atomic E-state index is 0.0155. The van der Waals surface area contributed by atoms with Crippen LogP contribution in [0.5, 0.6) is 0 Å². The van der Waals surface area contributed by atoms with Crippen molar-refractivity contribution >= 4 is 29.1 Å². The number of halogens is 2. The number of amides is 1. The number of likely N-dealkylation sites (tertiary alicyclic amines) is 1. The van der Waals surface area contributed by atoms with Gasteiger partial charge in [-0.3, -0.25) is 4.79 Å². The van der Waals surface area contributed by atoms with Crippen molar-refractivity contribution in [1.82, 2.24) is 4.90 Å². The van der Waals surface area contributed by atoms with Crippen molar-refractivity contribution in [2.24, 2.45) is 0 Å². The third-order valence-corrected chi connectivity index (χ3v) is 4.05. The summed E-state index contributed by atoms with van der Waals surface area (Å²) >= 11 is 12.2. The van der Waals surface area contributed by atoms with Crippen LogP contribution in [-0.4, -0.2) is 23.9 Å². The number of carbonyl (C=O) groups is 1. The molecule has 1 atom stereocenters. The van der Waals surface area contributed by atoms with E-state index in [4.69, 9.17) is 23.2 Å². The SMILES string of the molecule is Cc1cc(Cl)ccc1C(Cl)C(=O)N1CCCCC1. The topological polar surface area (TPSA) is 20.3 Å². The van der Waals surface area contributed by atoms with Gasteiger partial charge in [-0.15, -0.1) is 11.6 Å². The minimum Gasteiger partial charge on any atom is -0.341 e. The van der Waals surface area contributed by atoms with Crippen LogP contribution in [0.4, 0.5) is 0 Å². The summed E-state index contributed by atoms with van der Waals surface area (Å²) in [6, 6.07) is 5.47. The maximum Gasteiger partial charge on any atom is 0.245 e. The van der Waals surface area contributed by atoms with Crippen molar-refractivity contribution in [1.29, 1.82) is 0 Å². The normalized spacial score (nSPS) is 17.6. The summed E-state index contributed by atoms with van der Waals surface area (Å²) in [4.78, 5) is 14.2. The maximum atomic E-state index is 12.3. The van der Waals surface area contributed by atoms with Crippen LogP contribution in [0.3, 0.4) is 0 Å². The number of rotatable bonds is 2. The number of alkyl halides is 1. The van der Waals surface area contributed by atoms with Gasteiger partial charge in [-0.1, -0.05) is 17.7 Å². The lowest BCUT2D eigenvalue weighted by Gasteiger charge is -2.29. The van der Waals surface area contributed by atoms with E-state index in [2.05, 4.69) is 0 Å². The lowest BCUT2D eigenvalue weighted by atomic mass is 10.0. The van der Waals surface area contributed by atoms with Crippen LogP contribution in [0.25, 0.3) is 0 Å². The first-order valence-electron chi connectivity index (χ1n) is 6.28. The van der Waals surface area contributed by atoms with Crippen LogP contribution in [0.15, 0.2) is 18.2 Å². The Morgan fingerprint density at radius 3 is 2.56 bits per heavy atom. The first kappa shape index (κ1) is 13.7. The third kappa shape index (κ3) is 2.99. The monoisotopic (exact) mass is 285 g/mol. The van der Waals surface area contributed by atoms with Gasteiger partial charge in [-0.2, -0.15) is 0 Å². The van der Waals surface area contributed by atoms with E-state index in [0.29, 0.717) is 5.02 Å². The molecule has 0 radical (unpaired) electrons. The molecule has 0 bridgehead atoms. The molecule has 2 rings (SSSR count). The molecule has 0 N–H and O–H groups in total. The van der Waals surface area contributed by atoms with Gasteiger partial charge in [-0.25, -0.2) is 0 Å². The Morgan fingerprint density at radius 1 is 1.28 bits per heavy atom. The van der Waals surface area contributed by atoms with Crippen molar-refractivity contribution < 1.29 is 4.79 Å². The van der Waals surface area contributed by atoms with Crippen molar-refractivity contribution in [2.45, 2.75) is 31.6 Å². The predicted molar refractivity (Wildman–Crippen MR) is 75.2 cm³/mol. The second-order valence-corrected chi connectivity index (χ2v) is 5.62. The molecule has 1 heterocycles. The Hall–Kier alpha value is -0.730. The fourth-order valence-electron chi connectivity index (χ4n) is 2.33. The van der Waals surface area contributed by atoms with Crippen LogP contribution in [0, 0.1) is 6.92 Å². The third-order valence-electron chi connectivity index (χ3n) is 3.39. The van der Waals surface area contributed by atoms with Crippen LogP contribution >= 0.6 is 23.2 Å². The van der Waals surface area contributed by atoms with Crippen LogP contribution in [-0.2, 0) is 4.79 Å². The molecule has 1 aliphatic rings. The summed E-state index contributed by atoms with van der Waals surface area (Å²) in [6.07, 6.45) is 3.36. The molecule has 0 spiro atoms. The molecule has 1 fully saturated rings. The van der Waals surface area contributed by atoms with Gasteiger partial charge >= 0.3 is 0 Å². The lowest BCUT2D eigenvalue weighted by molar-refractivity contribution is -0.131. The van der Waals surface area contributed by atoms with Crippen molar-refractivity contribution in [3.05, 3.63) is 34.3 Å². The van der Waals surface area contributed by atoms with E-state index in [1.807, 2.05) is 24.0 Å². The molecular weight excluding hydrogens is 269 g/mol. The Morgan fingerprint density at radius 2 is 1.94 bits per heavy atom. The summed E-state index contributed by atoms with van der Waals surface area (Å²) in [7, 11) is 0. The van der Waals surface area contributed by atoms with E-state index in [0.717, 1.165) is 37.1 Å². The maximum absolute atomic E-state index is 12.3. The highest BCUT2D eigenvalue weighted by molar-refractivity contribution is 6.32. The van der Waals surface area contributed by atoms with Gasteiger partial charge in [0.1, 0.15) is 5.38 Å². The smallest absolute Gasteiger partial charge is 0.245 e. The van der Waals surface area contributed by atoms with Gasteiger partial charge in [0.15, 0.2) is 0 Å². The molecule has 1 aromatic rings. The lowest BCUT2D eigenvalue weighted by Crippen LogP contribution is -2.37. The molecular formula is C14H17Cl2NO. The average molecular weight is 286 g/mol. The highest BCUT2D eigenvalue weighted by Gasteiger charge is 2.26. The largest absolute Gasteiger partial charge is 0.341 e. The fraction of sp³-hybridized carbons (Fsp3) is 0.500. The summed E-state index contributed by atoms with van der Waals surface area (Å²) < 4.78 is 0.